The average Bonchev–Trinajstić information content (AvgIpc) is 2.28. The largest absolute Gasteiger partial charge is 0.384 e. The van der Waals surface area contributed by atoms with Crippen LogP contribution in [0.2, 0.25) is 0 Å². The Morgan fingerprint density at radius 3 is 3.06 bits per heavy atom. The summed E-state index contributed by atoms with van der Waals surface area (Å²) in [5.41, 5.74) is 7.48. The standard InChI is InChI=1S/C12H18N4S/c1-8-3-4-15-12(10(8)11(13)14)16-5-6-17-7-9(16)2/h3-4,9H,5-7H2,1-2H3,(H3,13,14). The van der Waals surface area contributed by atoms with Crippen LogP contribution in [0.25, 0.3) is 0 Å². The second kappa shape index (κ2) is 4.96. The molecule has 5 heteroatoms. The number of nitrogens with one attached hydrogen (secondary N) is 1. The number of anilines is 1. The molecule has 1 aliphatic heterocycles. The van der Waals surface area contributed by atoms with Gasteiger partial charge < -0.3 is 10.6 Å². The molecule has 1 aromatic heterocycles. The Morgan fingerprint density at radius 2 is 2.41 bits per heavy atom. The number of nitrogens with two attached hydrogens (primary N) is 1. The summed E-state index contributed by atoms with van der Waals surface area (Å²) in [6, 6.07) is 2.35. The molecule has 17 heavy (non-hydrogen) atoms. The molecule has 1 atom stereocenters. The summed E-state index contributed by atoms with van der Waals surface area (Å²) in [5.74, 6) is 3.19. The summed E-state index contributed by atoms with van der Waals surface area (Å²) in [7, 11) is 0. The zero-order valence-electron chi connectivity index (χ0n) is 10.2. The second-order valence-corrected chi connectivity index (χ2v) is 5.51. The van der Waals surface area contributed by atoms with E-state index in [9.17, 15) is 0 Å². The van der Waals surface area contributed by atoms with E-state index in [4.69, 9.17) is 11.1 Å². The fraction of sp³-hybridized carbons (Fsp3) is 0.500. The maximum atomic E-state index is 7.71. The quantitative estimate of drug-likeness (QED) is 0.618. The molecule has 2 heterocycles. The molecule has 1 aromatic rings. The van der Waals surface area contributed by atoms with E-state index in [1.165, 1.54) is 0 Å². The minimum absolute atomic E-state index is 0.107. The van der Waals surface area contributed by atoms with Gasteiger partial charge in [0.1, 0.15) is 11.7 Å². The smallest absolute Gasteiger partial charge is 0.140 e. The van der Waals surface area contributed by atoms with Gasteiger partial charge in [0.2, 0.25) is 0 Å². The molecule has 0 aromatic carbocycles. The van der Waals surface area contributed by atoms with Crippen LogP contribution in [0.3, 0.4) is 0 Å². The van der Waals surface area contributed by atoms with Crippen molar-refractivity contribution in [1.82, 2.24) is 4.98 Å². The van der Waals surface area contributed by atoms with Crippen LogP contribution in [-0.4, -0.2) is 34.9 Å². The summed E-state index contributed by atoms with van der Waals surface area (Å²) in [6.07, 6.45) is 1.80. The summed E-state index contributed by atoms with van der Waals surface area (Å²) >= 11 is 1.97. The fourth-order valence-electron chi connectivity index (χ4n) is 2.14. The average molecular weight is 250 g/mol. The highest BCUT2D eigenvalue weighted by Crippen LogP contribution is 2.26. The summed E-state index contributed by atoms with van der Waals surface area (Å²) < 4.78 is 0. The van der Waals surface area contributed by atoms with Crippen molar-refractivity contribution < 1.29 is 0 Å². The fourth-order valence-corrected chi connectivity index (χ4v) is 3.15. The molecule has 0 spiro atoms. The number of nitrogen functional groups attached to an aromatic ring is 1. The molecular formula is C12H18N4S. The van der Waals surface area contributed by atoms with E-state index in [0.29, 0.717) is 6.04 Å². The molecule has 4 nitrogen and oxygen atoms in total. The van der Waals surface area contributed by atoms with Gasteiger partial charge in [-0.25, -0.2) is 4.98 Å². The Morgan fingerprint density at radius 1 is 1.65 bits per heavy atom. The van der Waals surface area contributed by atoms with Gasteiger partial charge in [-0.2, -0.15) is 11.8 Å². The molecule has 2 rings (SSSR count). The molecule has 1 aliphatic rings. The number of amidine groups is 1. The van der Waals surface area contributed by atoms with Crippen molar-refractivity contribution in [1.29, 1.82) is 5.41 Å². The van der Waals surface area contributed by atoms with Gasteiger partial charge in [0.05, 0.1) is 5.56 Å². The molecule has 0 aliphatic carbocycles. The molecule has 1 unspecified atom stereocenters. The first kappa shape index (κ1) is 12.2. The number of pyridine rings is 1. The minimum atomic E-state index is 0.107. The van der Waals surface area contributed by atoms with Crippen LogP contribution in [0.4, 0.5) is 5.82 Å². The maximum Gasteiger partial charge on any atom is 0.140 e. The number of nitrogens with zero attached hydrogens (tertiary/aromatic N) is 2. The van der Waals surface area contributed by atoms with E-state index >= 15 is 0 Å². The Hall–Kier alpha value is -1.23. The number of thioether (sulfide) groups is 1. The molecule has 0 amide bonds. The SMILES string of the molecule is Cc1ccnc(N2CCSCC2C)c1C(=N)N. The molecule has 0 bridgehead atoms. The Balaban J connectivity index is 2.43. The van der Waals surface area contributed by atoms with Crippen molar-refractivity contribution in [3.8, 4) is 0 Å². The first-order chi connectivity index (χ1) is 8.11. The predicted molar refractivity (Wildman–Crippen MR) is 74.1 cm³/mol. The number of aryl methyl sites for hydroxylation is 1. The third kappa shape index (κ3) is 2.39. The van der Waals surface area contributed by atoms with Gasteiger partial charge >= 0.3 is 0 Å². The lowest BCUT2D eigenvalue weighted by molar-refractivity contribution is 0.688. The van der Waals surface area contributed by atoms with Gasteiger partial charge in [0.25, 0.3) is 0 Å². The Bertz CT molecular complexity index is 433. The van der Waals surface area contributed by atoms with Gasteiger partial charge in [-0.1, -0.05) is 0 Å². The van der Waals surface area contributed by atoms with Crippen LogP contribution in [0.15, 0.2) is 12.3 Å². The third-order valence-corrected chi connectivity index (χ3v) is 4.24. The van der Waals surface area contributed by atoms with Crippen LogP contribution >= 0.6 is 11.8 Å². The second-order valence-electron chi connectivity index (χ2n) is 4.36. The van der Waals surface area contributed by atoms with Crippen molar-refractivity contribution in [2.75, 3.05) is 23.0 Å². The summed E-state index contributed by atoms with van der Waals surface area (Å²) in [6.45, 7) is 5.15. The number of rotatable bonds is 2. The lowest BCUT2D eigenvalue weighted by Gasteiger charge is -2.35. The highest BCUT2D eigenvalue weighted by molar-refractivity contribution is 7.99. The predicted octanol–water partition coefficient (Wildman–Crippen LogP) is 1.62. The van der Waals surface area contributed by atoms with Gasteiger partial charge in [-0.05, 0) is 25.5 Å². The molecule has 1 fully saturated rings. The van der Waals surface area contributed by atoms with Crippen molar-refractivity contribution in [3.63, 3.8) is 0 Å². The van der Waals surface area contributed by atoms with Crippen molar-refractivity contribution >= 4 is 23.4 Å². The van der Waals surface area contributed by atoms with Gasteiger partial charge in [0, 0.05) is 30.3 Å². The highest BCUT2D eigenvalue weighted by Gasteiger charge is 2.23. The summed E-state index contributed by atoms with van der Waals surface area (Å²) in [5, 5.41) is 7.71. The number of hydrogen-bond acceptors (Lipinski definition) is 4. The molecule has 1 saturated heterocycles. The molecule has 0 radical (unpaired) electrons. The first-order valence-electron chi connectivity index (χ1n) is 5.75. The van der Waals surface area contributed by atoms with Gasteiger partial charge in [-0.15, -0.1) is 0 Å². The zero-order chi connectivity index (χ0) is 12.4. The van der Waals surface area contributed by atoms with E-state index in [-0.39, 0.29) is 5.84 Å². The van der Waals surface area contributed by atoms with E-state index in [2.05, 4.69) is 16.8 Å². The molecule has 3 N–H and O–H groups in total. The zero-order valence-corrected chi connectivity index (χ0v) is 11.0. The van der Waals surface area contributed by atoms with Crippen molar-refractivity contribution in [2.45, 2.75) is 19.9 Å². The van der Waals surface area contributed by atoms with Crippen molar-refractivity contribution in [2.24, 2.45) is 5.73 Å². The van der Waals surface area contributed by atoms with Gasteiger partial charge in [0.15, 0.2) is 0 Å². The molecular weight excluding hydrogens is 232 g/mol. The van der Waals surface area contributed by atoms with Crippen LogP contribution in [0.1, 0.15) is 18.1 Å². The minimum Gasteiger partial charge on any atom is -0.384 e. The normalized spacial score (nSPS) is 20.4. The van der Waals surface area contributed by atoms with Crippen LogP contribution in [0, 0.1) is 12.3 Å². The lowest BCUT2D eigenvalue weighted by Crippen LogP contribution is -2.42. The Kier molecular flexibility index (Phi) is 3.57. The van der Waals surface area contributed by atoms with E-state index < -0.39 is 0 Å². The number of aromatic nitrogens is 1. The van der Waals surface area contributed by atoms with Crippen LogP contribution < -0.4 is 10.6 Å². The highest BCUT2D eigenvalue weighted by atomic mass is 32.2. The van der Waals surface area contributed by atoms with Gasteiger partial charge in [-0.3, -0.25) is 5.41 Å². The topological polar surface area (TPSA) is 66.0 Å². The van der Waals surface area contributed by atoms with Crippen LogP contribution in [-0.2, 0) is 0 Å². The maximum absolute atomic E-state index is 7.71. The molecule has 92 valence electrons. The van der Waals surface area contributed by atoms with E-state index in [1.807, 2.05) is 24.8 Å². The van der Waals surface area contributed by atoms with Crippen LogP contribution in [0.5, 0.6) is 0 Å². The van der Waals surface area contributed by atoms with E-state index in [0.717, 1.165) is 35.0 Å². The third-order valence-electron chi connectivity index (χ3n) is 3.05. The monoisotopic (exact) mass is 250 g/mol. The number of hydrogen-bond donors (Lipinski definition) is 2. The van der Waals surface area contributed by atoms with E-state index in [1.54, 1.807) is 6.20 Å². The first-order valence-corrected chi connectivity index (χ1v) is 6.91. The lowest BCUT2D eigenvalue weighted by atomic mass is 10.1. The Labute approximate surface area is 106 Å². The molecule has 0 saturated carbocycles. The van der Waals surface area contributed by atoms with Crippen molar-refractivity contribution in [3.05, 3.63) is 23.4 Å². The summed E-state index contributed by atoms with van der Waals surface area (Å²) in [4.78, 5) is 6.69.